The molecule has 1 aromatic carbocycles. The summed E-state index contributed by atoms with van der Waals surface area (Å²) in [5.74, 6) is 0.922. The summed E-state index contributed by atoms with van der Waals surface area (Å²) >= 11 is 0. The number of amides is 1. The third kappa shape index (κ3) is 2.01. The monoisotopic (exact) mass is 248 g/mol. The van der Waals surface area contributed by atoms with Gasteiger partial charge in [-0.05, 0) is 11.6 Å². The van der Waals surface area contributed by atoms with Crippen molar-refractivity contribution in [3.8, 4) is 5.75 Å². The van der Waals surface area contributed by atoms with E-state index in [1.807, 2.05) is 18.2 Å². The molecule has 5 heteroatoms. The highest BCUT2D eigenvalue weighted by molar-refractivity contribution is 5.70. The zero-order chi connectivity index (χ0) is 12.5. The summed E-state index contributed by atoms with van der Waals surface area (Å²) < 4.78 is 10.9. The van der Waals surface area contributed by atoms with Gasteiger partial charge in [0.15, 0.2) is 0 Å². The fourth-order valence-electron chi connectivity index (χ4n) is 2.45. The summed E-state index contributed by atoms with van der Waals surface area (Å²) in [7, 11) is 0. The minimum absolute atomic E-state index is 0.0199. The van der Waals surface area contributed by atoms with Crippen molar-refractivity contribution in [2.75, 3.05) is 19.6 Å². The van der Waals surface area contributed by atoms with Gasteiger partial charge in [0.1, 0.15) is 18.0 Å². The maximum absolute atomic E-state index is 11.6. The summed E-state index contributed by atoms with van der Waals surface area (Å²) in [5.41, 5.74) is 6.70. The van der Waals surface area contributed by atoms with Crippen molar-refractivity contribution in [3.63, 3.8) is 0 Å². The topological polar surface area (TPSA) is 64.8 Å². The first-order valence-corrected chi connectivity index (χ1v) is 6.16. The number of ether oxygens (including phenoxy) is 2. The predicted octanol–water partition coefficient (Wildman–Crippen LogP) is 0.770. The SMILES string of the molecule is NCC1CN(CC2Cc3ccccc3O2)C(=O)O1. The smallest absolute Gasteiger partial charge is 0.410 e. The van der Waals surface area contributed by atoms with Crippen LogP contribution < -0.4 is 10.5 Å². The van der Waals surface area contributed by atoms with Crippen LogP contribution in [0.2, 0.25) is 0 Å². The van der Waals surface area contributed by atoms with E-state index >= 15 is 0 Å². The summed E-state index contributed by atoms with van der Waals surface area (Å²) in [6, 6.07) is 7.97. The third-order valence-corrected chi connectivity index (χ3v) is 3.35. The highest BCUT2D eigenvalue weighted by Gasteiger charge is 2.34. The van der Waals surface area contributed by atoms with Crippen LogP contribution in [-0.2, 0) is 11.2 Å². The molecule has 0 aliphatic carbocycles. The second-order valence-corrected chi connectivity index (χ2v) is 4.70. The Morgan fingerprint density at radius 2 is 2.11 bits per heavy atom. The van der Waals surface area contributed by atoms with Crippen LogP contribution in [0.5, 0.6) is 5.75 Å². The molecule has 2 aliphatic rings. The lowest BCUT2D eigenvalue weighted by molar-refractivity contribution is 0.126. The molecule has 0 bridgehead atoms. The van der Waals surface area contributed by atoms with Crippen LogP contribution in [0.1, 0.15) is 5.56 Å². The lowest BCUT2D eigenvalue weighted by atomic mass is 10.1. The summed E-state index contributed by atoms with van der Waals surface area (Å²) in [5, 5.41) is 0. The van der Waals surface area contributed by atoms with Crippen LogP contribution in [0.15, 0.2) is 24.3 Å². The van der Waals surface area contributed by atoms with Crippen molar-refractivity contribution in [2.45, 2.75) is 18.6 Å². The number of para-hydroxylation sites is 1. The number of carbonyl (C=O) groups excluding carboxylic acids is 1. The normalized spacial score (nSPS) is 25.8. The Morgan fingerprint density at radius 3 is 2.83 bits per heavy atom. The Labute approximate surface area is 105 Å². The predicted molar refractivity (Wildman–Crippen MR) is 65.5 cm³/mol. The van der Waals surface area contributed by atoms with Crippen molar-refractivity contribution in [2.24, 2.45) is 5.73 Å². The molecule has 0 aromatic heterocycles. The van der Waals surface area contributed by atoms with Crippen LogP contribution >= 0.6 is 0 Å². The molecule has 2 atom stereocenters. The van der Waals surface area contributed by atoms with E-state index in [4.69, 9.17) is 15.2 Å². The highest BCUT2D eigenvalue weighted by Crippen LogP contribution is 2.29. The largest absolute Gasteiger partial charge is 0.488 e. The molecule has 2 N–H and O–H groups in total. The van der Waals surface area contributed by atoms with Crippen LogP contribution in [0.4, 0.5) is 4.79 Å². The first-order chi connectivity index (χ1) is 8.76. The van der Waals surface area contributed by atoms with Gasteiger partial charge in [-0.3, -0.25) is 0 Å². The summed E-state index contributed by atoms with van der Waals surface area (Å²) in [6.45, 7) is 1.49. The van der Waals surface area contributed by atoms with Gasteiger partial charge < -0.3 is 20.1 Å². The van der Waals surface area contributed by atoms with E-state index in [2.05, 4.69) is 6.07 Å². The average Bonchev–Trinajstić information content (AvgIpc) is 2.93. The van der Waals surface area contributed by atoms with Gasteiger partial charge in [-0.2, -0.15) is 0 Å². The van der Waals surface area contributed by atoms with E-state index in [1.165, 1.54) is 5.56 Å². The number of cyclic esters (lactones) is 1. The van der Waals surface area contributed by atoms with E-state index in [-0.39, 0.29) is 18.3 Å². The zero-order valence-electron chi connectivity index (χ0n) is 10.0. The Balaban J connectivity index is 1.61. The van der Waals surface area contributed by atoms with Crippen molar-refractivity contribution < 1.29 is 14.3 Å². The number of hydrogen-bond acceptors (Lipinski definition) is 4. The molecule has 96 valence electrons. The molecule has 5 nitrogen and oxygen atoms in total. The van der Waals surface area contributed by atoms with Crippen LogP contribution in [0.3, 0.4) is 0 Å². The average molecular weight is 248 g/mol. The Kier molecular flexibility index (Phi) is 2.83. The Morgan fingerprint density at radius 1 is 1.28 bits per heavy atom. The maximum atomic E-state index is 11.6. The Hall–Kier alpha value is -1.75. The molecule has 2 unspecified atom stereocenters. The molecule has 2 heterocycles. The number of nitrogens with two attached hydrogens (primary N) is 1. The molecular formula is C13H16N2O3. The molecule has 1 saturated heterocycles. The maximum Gasteiger partial charge on any atom is 0.410 e. The van der Waals surface area contributed by atoms with E-state index in [1.54, 1.807) is 4.90 Å². The van der Waals surface area contributed by atoms with Gasteiger partial charge in [-0.15, -0.1) is 0 Å². The van der Waals surface area contributed by atoms with Crippen LogP contribution in [-0.4, -0.2) is 42.8 Å². The zero-order valence-corrected chi connectivity index (χ0v) is 10.0. The summed E-state index contributed by atoms with van der Waals surface area (Å²) in [4.78, 5) is 13.3. The molecule has 1 amide bonds. The number of carbonyl (C=O) groups is 1. The van der Waals surface area contributed by atoms with Gasteiger partial charge in [-0.1, -0.05) is 18.2 Å². The molecule has 0 radical (unpaired) electrons. The summed E-state index contributed by atoms with van der Waals surface area (Å²) in [6.07, 6.45) is 0.394. The first-order valence-electron chi connectivity index (χ1n) is 6.16. The van der Waals surface area contributed by atoms with Gasteiger partial charge in [0.25, 0.3) is 0 Å². The number of rotatable bonds is 3. The van der Waals surface area contributed by atoms with Gasteiger partial charge in [0, 0.05) is 13.0 Å². The van der Waals surface area contributed by atoms with E-state index in [0.29, 0.717) is 19.6 Å². The van der Waals surface area contributed by atoms with Gasteiger partial charge in [0.05, 0.1) is 13.1 Å². The molecular weight excluding hydrogens is 232 g/mol. The van der Waals surface area contributed by atoms with Crippen molar-refractivity contribution in [3.05, 3.63) is 29.8 Å². The highest BCUT2D eigenvalue weighted by atomic mass is 16.6. The number of hydrogen-bond donors (Lipinski definition) is 1. The van der Waals surface area contributed by atoms with Crippen molar-refractivity contribution in [1.82, 2.24) is 4.90 Å². The van der Waals surface area contributed by atoms with Crippen molar-refractivity contribution in [1.29, 1.82) is 0 Å². The number of fused-ring (bicyclic) bond motifs is 1. The molecule has 3 rings (SSSR count). The van der Waals surface area contributed by atoms with Gasteiger partial charge in [0.2, 0.25) is 0 Å². The first kappa shape index (κ1) is 11.3. The minimum Gasteiger partial charge on any atom is -0.488 e. The number of benzene rings is 1. The fourth-order valence-corrected chi connectivity index (χ4v) is 2.45. The van der Waals surface area contributed by atoms with E-state index in [0.717, 1.165) is 12.2 Å². The second kappa shape index (κ2) is 4.49. The van der Waals surface area contributed by atoms with E-state index < -0.39 is 0 Å². The molecule has 0 saturated carbocycles. The molecule has 0 spiro atoms. The van der Waals surface area contributed by atoms with Gasteiger partial charge >= 0.3 is 6.09 Å². The van der Waals surface area contributed by atoms with Crippen LogP contribution in [0.25, 0.3) is 0 Å². The third-order valence-electron chi connectivity index (χ3n) is 3.35. The molecule has 2 aliphatic heterocycles. The molecule has 1 fully saturated rings. The Bertz CT molecular complexity index is 438. The van der Waals surface area contributed by atoms with Crippen LogP contribution in [0, 0.1) is 0 Å². The number of nitrogens with zero attached hydrogens (tertiary/aromatic N) is 1. The van der Waals surface area contributed by atoms with E-state index in [9.17, 15) is 4.79 Å². The fraction of sp³-hybridized carbons (Fsp3) is 0.462. The molecule has 1 aromatic rings. The quantitative estimate of drug-likeness (QED) is 0.858. The minimum atomic E-state index is -0.287. The second-order valence-electron chi connectivity index (χ2n) is 4.70. The van der Waals surface area contributed by atoms with Crippen molar-refractivity contribution >= 4 is 6.09 Å². The van der Waals surface area contributed by atoms with Gasteiger partial charge in [-0.25, -0.2) is 4.79 Å². The standard InChI is InChI=1S/C13H16N2O3/c14-6-11-8-15(13(16)18-11)7-10-5-9-3-1-2-4-12(9)17-10/h1-4,10-11H,5-8,14H2. The lowest BCUT2D eigenvalue weighted by Gasteiger charge is -2.17. The lowest BCUT2D eigenvalue weighted by Crippen LogP contribution is -2.36. The molecule has 18 heavy (non-hydrogen) atoms.